The lowest BCUT2D eigenvalue weighted by Gasteiger charge is -2.22. The number of rotatable bonds is 2. The summed E-state index contributed by atoms with van der Waals surface area (Å²) in [5.41, 5.74) is 13.4. The summed E-state index contributed by atoms with van der Waals surface area (Å²) in [6.45, 7) is 1.70. The largest absolute Gasteiger partial charge is 0.384 e. The van der Waals surface area contributed by atoms with Gasteiger partial charge in [-0.05, 0) is 36.8 Å². The Morgan fingerprint density at radius 2 is 2.06 bits per heavy atom. The molecule has 3 rings (SSSR count). The molecular formula is C12H17N5O. The van der Waals surface area contributed by atoms with Crippen LogP contribution < -0.4 is 11.5 Å². The van der Waals surface area contributed by atoms with Crippen molar-refractivity contribution in [2.75, 3.05) is 24.7 Å². The zero-order valence-corrected chi connectivity index (χ0v) is 10.2. The Morgan fingerprint density at radius 3 is 2.83 bits per heavy atom. The first-order valence-electron chi connectivity index (χ1n) is 6.21. The van der Waals surface area contributed by atoms with Gasteiger partial charge in [0.25, 0.3) is 0 Å². The van der Waals surface area contributed by atoms with Crippen molar-refractivity contribution in [1.29, 1.82) is 0 Å². The predicted octanol–water partition coefficient (Wildman–Crippen LogP) is 0.863. The molecule has 0 radical (unpaired) electrons. The first-order valence-corrected chi connectivity index (χ1v) is 6.21. The number of anilines is 2. The van der Waals surface area contributed by atoms with Crippen molar-refractivity contribution < 1.29 is 4.74 Å². The summed E-state index contributed by atoms with van der Waals surface area (Å²) in [6, 6.07) is 3.88. The normalized spacial score (nSPS) is 17.3. The van der Waals surface area contributed by atoms with Gasteiger partial charge in [0.05, 0.1) is 0 Å². The number of pyridine rings is 1. The van der Waals surface area contributed by atoms with Crippen LogP contribution in [0, 0.1) is 5.92 Å². The number of hydrogen-bond donors (Lipinski definition) is 2. The van der Waals surface area contributed by atoms with E-state index >= 15 is 0 Å². The SMILES string of the molecule is Nc1nc2c(CC3CCOCC3)ccc(N)n2n1. The van der Waals surface area contributed by atoms with Crippen LogP contribution in [0.5, 0.6) is 0 Å². The molecule has 96 valence electrons. The highest BCUT2D eigenvalue weighted by Gasteiger charge is 2.17. The summed E-state index contributed by atoms with van der Waals surface area (Å²) in [5, 5.41) is 4.10. The number of nitrogens with zero attached hydrogens (tertiary/aromatic N) is 3. The van der Waals surface area contributed by atoms with Crippen molar-refractivity contribution in [2.24, 2.45) is 5.92 Å². The summed E-state index contributed by atoms with van der Waals surface area (Å²) in [7, 11) is 0. The standard InChI is InChI=1S/C12H17N5O/c13-10-2-1-9(7-8-3-5-18-6-4-8)11-15-12(14)16-17(10)11/h1-2,8H,3-7,13H2,(H2,14,16). The van der Waals surface area contributed by atoms with Crippen LogP contribution in [0.1, 0.15) is 18.4 Å². The van der Waals surface area contributed by atoms with Gasteiger partial charge in [-0.3, -0.25) is 0 Å². The molecule has 3 heterocycles. The Labute approximate surface area is 105 Å². The van der Waals surface area contributed by atoms with Crippen LogP contribution in [-0.4, -0.2) is 27.8 Å². The molecule has 0 bridgehead atoms. The number of hydrogen-bond acceptors (Lipinski definition) is 5. The van der Waals surface area contributed by atoms with Crippen molar-refractivity contribution in [3.05, 3.63) is 17.7 Å². The van der Waals surface area contributed by atoms with Crippen molar-refractivity contribution >= 4 is 17.4 Å². The van der Waals surface area contributed by atoms with E-state index in [4.69, 9.17) is 16.2 Å². The average molecular weight is 247 g/mol. The lowest BCUT2D eigenvalue weighted by atomic mass is 9.93. The van der Waals surface area contributed by atoms with Crippen molar-refractivity contribution in [3.63, 3.8) is 0 Å². The number of nitrogens with two attached hydrogens (primary N) is 2. The van der Waals surface area contributed by atoms with Gasteiger partial charge < -0.3 is 16.2 Å². The molecule has 2 aromatic heterocycles. The maximum Gasteiger partial charge on any atom is 0.240 e. The van der Waals surface area contributed by atoms with Gasteiger partial charge in [-0.25, -0.2) is 0 Å². The molecule has 1 saturated heterocycles. The Kier molecular flexibility index (Phi) is 2.79. The highest BCUT2D eigenvalue weighted by Crippen LogP contribution is 2.23. The molecule has 0 saturated carbocycles. The summed E-state index contributed by atoms with van der Waals surface area (Å²) >= 11 is 0. The molecule has 0 aliphatic carbocycles. The zero-order valence-electron chi connectivity index (χ0n) is 10.2. The molecule has 1 aliphatic rings. The molecule has 0 unspecified atom stereocenters. The molecule has 0 aromatic carbocycles. The van der Waals surface area contributed by atoms with Gasteiger partial charge in [0.1, 0.15) is 5.82 Å². The zero-order chi connectivity index (χ0) is 12.5. The minimum absolute atomic E-state index is 0.265. The Balaban J connectivity index is 1.93. The molecule has 18 heavy (non-hydrogen) atoms. The Bertz CT molecular complexity index is 559. The van der Waals surface area contributed by atoms with E-state index < -0.39 is 0 Å². The van der Waals surface area contributed by atoms with Gasteiger partial charge in [-0.1, -0.05) is 6.07 Å². The minimum Gasteiger partial charge on any atom is -0.384 e. The third-order valence-electron chi connectivity index (χ3n) is 3.46. The van der Waals surface area contributed by atoms with Crippen LogP contribution in [0.3, 0.4) is 0 Å². The minimum atomic E-state index is 0.265. The van der Waals surface area contributed by atoms with Gasteiger partial charge in [0, 0.05) is 13.2 Å². The van der Waals surface area contributed by atoms with Crippen molar-refractivity contribution in [3.8, 4) is 0 Å². The number of ether oxygens (including phenoxy) is 1. The Hall–Kier alpha value is -1.82. The fourth-order valence-electron chi connectivity index (χ4n) is 2.47. The van der Waals surface area contributed by atoms with E-state index in [9.17, 15) is 0 Å². The van der Waals surface area contributed by atoms with Crippen LogP contribution in [0.2, 0.25) is 0 Å². The topological polar surface area (TPSA) is 91.5 Å². The number of nitrogen functional groups attached to an aromatic ring is 2. The smallest absolute Gasteiger partial charge is 0.240 e. The van der Waals surface area contributed by atoms with Crippen LogP contribution in [0.25, 0.3) is 5.65 Å². The fourth-order valence-corrected chi connectivity index (χ4v) is 2.47. The van der Waals surface area contributed by atoms with Gasteiger partial charge in [-0.15, -0.1) is 5.10 Å². The second kappa shape index (κ2) is 4.45. The Morgan fingerprint density at radius 1 is 1.28 bits per heavy atom. The van der Waals surface area contributed by atoms with Gasteiger partial charge in [-0.2, -0.15) is 9.50 Å². The average Bonchev–Trinajstić information content (AvgIpc) is 2.77. The van der Waals surface area contributed by atoms with Crippen molar-refractivity contribution in [1.82, 2.24) is 14.6 Å². The van der Waals surface area contributed by atoms with E-state index in [0.29, 0.717) is 11.7 Å². The molecule has 1 fully saturated rings. The molecule has 2 aromatic rings. The number of fused-ring (bicyclic) bond motifs is 1. The van der Waals surface area contributed by atoms with Gasteiger partial charge in [0.2, 0.25) is 5.95 Å². The highest BCUT2D eigenvalue weighted by atomic mass is 16.5. The van der Waals surface area contributed by atoms with E-state index in [0.717, 1.165) is 43.7 Å². The summed E-state index contributed by atoms with van der Waals surface area (Å²) in [6.07, 6.45) is 3.17. The molecule has 0 spiro atoms. The van der Waals surface area contributed by atoms with Crippen LogP contribution in [-0.2, 0) is 11.2 Å². The van der Waals surface area contributed by atoms with E-state index in [1.165, 1.54) is 0 Å². The maximum absolute atomic E-state index is 5.86. The lowest BCUT2D eigenvalue weighted by Crippen LogP contribution is -2.18. The summed E-state index contributed by atoms with van der Waals surface area (Å²) < 4.78 is 6.99. The first kappa shape index (κ1) is 11.3. The van der Waals surface area contributed by atoms with Crippen LogP contribution in [0.4, 0.5) is 11.8 Å². The monoisotopic (exact) mass is 247 g/mol. The van der Waals surface area contributed by atoms with Crippen LogP contribution in [0.15, 0.2) is 12.1 Å². The van der Waals surface area contributed by atoms with E-state index in [1.54, 1.807) is 4.52 Å². The van der Waals surface area contributed by atoms with E-state index in [2.05, 4.69) is 10.1 Å². The molecule has 0 atom stereocenters. The molecular weight excluding hydrogens is 230 g/mol. The third kappa shape index (κ3) is 1.99. The molecule has 0 amide bonds. The van der Waals surface area contributed by atoms with Crippen LogP contribution >= 0.6 is 0 Å². The second-order valence-electron chi connectivity index (χ2n) is 4.75. The highest BCUT2D eigenvalue weighted by molar-refractivity contribution is 5.55. The molecule has 4 N–H and O–H groups in total. The quantitative estimate of drug-likeness (QED) is 0.821. The van der Waals surface area contributed by atoms with Gasteiger partial charge in [0.15, 0.2) is 5.65 Å². The van der Waals surface area contributed by atoms with Gasteiger partial charge >= 0.3 is 0 Å². The van der Waals surface area contributed by atoms with Crippen molar-refractivity contribution in [2.45, 2.75) is 19.3 Å². The first-order chi connectivity index (χ1) is 8.74. The van der Waals surface area contributed by atoms with E-state index in [-0.39, 0.29) is 5.95 Å². The lowest BCUT2D eigenvalue weighted by molar-refractivity contribution is 0.0666. The fraction of sp³-hybridized carbons (Fsp3) is 0.500. The third-order valence-corrected chi connectivity index (χ3v) is 3.46. The predicted molar refractivity (Wildman–Crippen MR) is 69.1 cm³/mol. The summed E-state index contributed by atoms with van der Waals surface area (Å²) in [5.74, 6) is 1.47. The van der Waals surface area contributed by atoms with E-state index in [1.807, 2.05) is 12.1 Å². The summed E-state index contributed by atoms with van der Waals surface area (Å²) in [4.78, 5) is 4.26. The number of aromatic nitrogens is 3. The molecule has 6 heteroatoms. The molecule has 1 aliphatic heterocycles. The maximum atomic E-state index is 5.86. The molecule has 6 nitrogen and oxygen atoms in total. The second-order valence-corrected chi connectivity index (χ2v) is 4.75.